The Hall–Kier alpha value is -1.88. The number of benzene rings is 1. The van der Waals surface area contributed by atoms with Crippen molar-refractivity contribution in [3.63, 3.8) is 0 Å². The van der Waals surface area contributed by atoms with Crippen LogP contribution in [0.2, 0.25) is 0 Å². The van der Waals surface area contributed by atoms with E-state index in [1.165, 1.54) is 6.42 Å². The summed E-state index contributed by atoms with van der Waals surface area (Å²) in [7, 11) is 0. The quantitative estimate of drug-likeness (QED) is 0.685. The van der Waals surface area contributed by atoms with Crippen LogP contribution in [0.4, 0.5) is 0 Å². The molecule has 27 heavy (non-hydrogen) atoms. The first-order valence-electron chi connectivity index (χ1n) is 10.4. The third-order valence-corrected chi connectivity index (χ3v) is 5.93. The standard InChI is InChI=1S/C22H32N2O3/c1-2-12-27-19-8-6-15(7-9-19)20(25)10-11-21(26)24-22-16-4-3-5-17(22)14-18(23)13-16/h6-9,16-18,22H,2-5,10-14,23H2,1H3,(H,24,26). The van der Waals surface area contributed by atoms with E-state index in [0.717, 1.165) is 37.9 Å². The van der Waals surface area contributed by atoms with Gasteiger partial charge >= 0.3 is 0 Å². The molecule has 148 valence electrons. The third kappa shape index (κ3) is 5.32. The summed E-state index contributed by atoms with van der Waals surface area (Å²) < 4.78 is 5.53. The van der Waals surface area contributed by atoms with Crippen LogP contribution < -0.4 is 15.8 Å². The Morgan fingerprint density at radius 2 is 1.78 bits per heavy atom. The highest BCUT2D eigenvalue weighted by Crippen LogP contribution is 2.39. The average Bonchev–Trinajstić information content (AvgIpc) is 2.65. The second-order valence-corrected chi connectivity index (χ2v) is 8.07. The molecule has 2 aliphatic rings. The molecule has 2 saturated carbocycles. The summed E-state index contributed by atoms with van der Waals surface area (Å²) >= 11 is 0. The first-order valence-corrected chi connectivity index (χ1v) is 10.4. The van der Waals surface area contributed by atoms with Gasteiger partial charge < -0.3 is 15.8 Å². The van der Waals surface area contributed by atoms with Crippen LogP contribution in [0.5, 0.6) is 5.75 Å². The second-order valence-electron chi connectivity index (χ2n) is 8.07. The zero-order chi connectivity index (χ0) is 19.2. The number of amides is 1. The van der Waals surface area contributed by atoms with E-state index in [1.54, 1.807) is 12.1 Å². The summed E-state index contributed by atoms with van der Waals surface area (Å²) in [4.78, 5) is 24.8. The number of ether oxygens (including phenoxy) is 1. The minimum absolute atomic E-state index is 0.00180. The Balaban J connectivity index is 1.46. The number of Topliss-reactive ketones (excluding diaryl/α,β-unsaturated/α-hetero) is 1. The lowest BCUT2D eigenvalue weighted by Gasteiger charge is -2.45. The summed E-state index contributed by atoms with van der Waals surface area (Å²) in [6.45, 7) is 2.72. The van der Waals surface area contributed by atoms with Crippen molar-refractivity contribution in [2.45, 2.75) is 70.4 Å². The van der Waals surface area contributed by atoms with Crippen molar-refractivity contribution >= 4 is 11.7 Å². The molecule has 5 nitrogen and oxygen atoms in total. The minimum atomic E-state index is -0.0105. The van der Waals surface area contributed by atoms with Crippen molar-refractivity contribution in [1.29, 1.82) is 0 Å². The average molecular weight is 373 g/mol. The Labute approximate surface area is 162 Å². The molecular formula is C22H32N2O3. The molecule has 3 N–H and O–H groups in total. The number of hydrogen-bond donors (Lipinski definition) is 2. The smallest absolute Gasteiger partial charge is 0.220 e. The summed E-state index contributed by atoms with van der Waals surface area (Å²) in [5.74, 6) is 1.76. The normalized spacial score (nSPS) is 27.0. The van der Waals surface area contributed by atoms with Crippen molar-refractivity contribution in [1.82, 2.24) is 5.32 Å². The zero-order valence-corrected chi connectivity index (χ0v) is 16.3. The molecule has 2 bridgehead atoms. The monoisotopic (exact) mass is 372 g/mol. The number of carbonyl (C=O) groups is 2. The lowest BCUT2D eigenvalue weighted by atomic mass is 9.67. The molecule has 0 heterocycles. The number of fused-ring (bicyclic) bond motifs is 2. The van der Waals surface area contributed by atoms with Crippen LogP contribution in [-0.4, -0.2) is 30.4 Å². The molecule has 2 fully saturated rings. The van der Waals surface area contributed by atoms with Gasteiger partial charge in [-0.3, -0.25) is 9.59 Å². The highest BCUT2D eigenvalue weighted by Gasteiger charge is 2.39. The topological polar surface area (TPSA) is 81.4 Å². The predicted octanol–water partition coefficient (Wildman–Crippen LogP) is 3.46. The summed E-state index contributed by atoms with van der Waals surface area (Å²) in [5.41, 5.74) is 6.78. The Morgan fingerprint density at radius 1 is 1.11 bits per heavy atom. The maximum atomic E-state index is 12.4. The third-order valence-electron chi connectivity index (χ3n) is 5.93. The van der Waals surface area contributed by atoms with Crippen LogP contribution in [-0.2, 0) is 4.79 Å². The summed E-state index contributed by atoms with van der Waals surface area (Å²) in [5, 5.41) is 3.21. The fourth-order valence-electron chi connectivity index (χ4n) is 4.61. The van der Waals surface area contributed by atoms with Crippen LogP contribution in [0.1, 0.15) is 68.6 Å². The number of carbonyl (C=O) groups excluding carboxylic acids is 2. The van der Waals surface area contributed by atoms with E-state index < -0.39 is 0 Å². The van der Waals surface area contributed by atoms with Gasteiger partial charge in [0.2, 0.25) is 5.91 Å². The van der Waals surface area contributed by atoms with Crippen LogP contribution in [0.25, 0.3) is 0 Å². The minimum Gasteiger partial charge on any atom is -0.494 e. The van der Waals surface area contributed by atoms with Gasteiger partial charge in [0.25, 0.3) is 0 Å². The highest BCUT2D eigenvalue weighted by molar-refractivity contribution is 5.98. The van der Waals surface area contributed by atoms with Crippen molar-refractivity contribution < 1.29 is 14.3 Å². The van der Waals surface area contributed by atoms with Crippen LogP contribution >= 0.6 is 0 Å². The summed E-state index contributed by atoms with van der Waals surface area (Å²) in [6, 6.07) is 7.71. The van der Waals surface area contributed by atoms with E-state index in [1.807, 2.05) is 12.1 Å². The SMILES string of the molecule is CCCOc1ccc(C(=O)CCC(=O)NC2C3CCCC2CC(N)C3)cc1. The van der Waals surface area contributed by atoms with Gasteiger partial charge in [0.1, 0.15) is 5.75 Å². The van der Waals surface area contributed by atoms with E-state index >= 15 is 0 Å². The van der Waals surface area contributed by atoms with E-state index in [-0.39, 0.29) is 36.6 Å². The Morgan fingerprint density at radius 3 is 2.41 bits per heavy atom. The number of nitrogens with one attached hydrogen (secondary N) is 1. The molecule has 2 unspecified atom stereocenters. The number of nitrogens with two attached hydrogens (primary N) is 1. The maximum absolute atomic E-state index is 12.4. The summed E-state index contributed by atoms with van der Waals surface area (Å²) in [6.07, 6.45) is 6.99. The maximum Gasteiger partial charge on any atom is 0.220 e. The molecule has 0 saturated heterocycles. The molecule has 0 spiro atoms. The molecule has 2 aliphatic carbocycles. The number of rotatable bonds is 8. The predicted molar refractivity (Wildman–Crippen MR) is 106 cm³/mol. The second kappa shape index (κ2) is 9.36. The number of hydrogen-bond acceptors (Lipinski definition) is 4. The zero-order valence-electron chi connectivity index (χ0n) is 16.3. The number of ketones is 1. The molecule has 1 aromatic rings. The van der Waals surface area contributed by atoms with Crippen molar-refractivity contribution in [2.24, 2.45) is 17.6 Å². The van der Waals surface area contributed by atoms with Crippen LogP contribution in [0.3, 0.4) is 0 Å². The van der Waals surface area contributed by atoms with Gasteiger partial charge in [-0.05, 0) is 68.2 Å². The van der Waals surface area contributed by atoms with Gasteiger partial charge in [0.15, 0.2) is 5.78 Å². The Kier molecular flexibility index (Phi) is 6.89. The highest BCUT2D eigenvalue weighted by atomic mass is 16.5. The van der Waals surface area contributed by atoms with Gasteiger partial charge in [-0.2, -0.15) is 0 Å². The lowest BCUT2D eigenvalue weighted by molar-refractivity contribution is -0.123. The molecular weight excluding hydrogens is 340 g/mol. The molecule has 0 aromatic heterocycles. The van der Waals surface area contributed by atoms with E-state index in [2.05, 4.69) is 12.2 Å². The fraction of sp³-hybridized carbons (Fsp3) is 0.636. The van der Waals surface area contributed by atoms with E-state index in [9.17, 15) is 9.59 Å². The molecule has 5 heteroatoms. The van der Waals surface area contributed by atoms with Gasteiger partial charge in [-0.25, -0.2) is 0 Å². The van der Waals surface area contributed by atoms with E-state index in [4.69, 9.17) is 10.5 Å². The van der Waals surface area contributed by atoms with Crippen LogP contribution in [0, 0.1) is 11.8 Å². The largest absolute Gasteiger partial charge is 0.494 e. The van der Waals surface area contributed by atoms with Crippen molar-refractivity contribution in [2.75, 3.05) is 6.61 Å². The molecule has 1 amide bonds. The van der Waals surface area contributed by atoms with Gasteiger partial charge in [-0.1, -0.05) is 13.3 Å². The van der Waals surface area contributed by atoms with E-state index in [0.29, 0.717) is 24.0 Å². The molecule has 3 rings (SSSR count). The molecule has 0 radical (unpaired) electrons. The van der Waals surface area contributed by atoms with Crippen molar-refractivity contribution in [3.8, 4) is 5.75 Å². The first kappa shape index (κ1) is 19.9. The van der Waals surface area contributed by atoms with Gasteiger partial charge in [-0.15, -0.1) is 0 Å². The van der Waals surface area contributed by atoms with Gasteiger partial charge in [0.05, 0.1) is 6.61 Å². The van der Waals surface area contributed by atoms with Crippen molar-refractivity contribution in [3.05, 3.63) is 29.8 Å². The first-order chi connectivity index (χ1) is 13.1. The molecule has 1 aromatic carbocycles. The Bertz CT molecular complexity index is 629. The molecule has 0 aliphatic heterocycles. The lowest BCUT2D eigenvalue weighted by Crippen LogP contribution is -2.53. The van der Waals surface area contributed by atoms with Crippen LogP contribution in [0.15, 0.2) is 24.3 Å². The van der Waals surface area contributed by atoms with Gasteiger partial charge in [0, 0.05) is 30.5 Å². The fourth-order valence-corrected chi connectivity index (χ4v) is 4.61. The molecule has 2 atom stereocenters.